The number of pyridine rings is 3. The van der Waals surface area contributed by atoms with Gasteiger partial charge in [0.2, 0.25) is 5.88 Å². The van der Waals surface area contributed by atoms with Gasteiger partial charge in [-0.25, -0.2) is 23.1 Å². The van der Waals surface area contributed by atoms with Crippen LogP contribution >= 0.6 is 11.3 Å². The minimum absolute atomic E-state index is 0.0251. The number of carbonyl (C=O) groups excluding carboxylic acids is 1. The number of hydrogen-bond donors (Lipinski definition) is 1. The average Bonchev–Trinajstić information content (AvgIpc) is 3.48. The van der Waals surface area contributed by atoms with Gasteiger partial charge >= 0.3 is 0 Å². The Kier molecular flexibility index (Phi) is 9.02. The number of rotatable bonds is 8. The Morgan fingerprint density at radius 1 is 1.16 bits per heavy atom. The van der Waals surface area contributed by atoms with Gasteiger partial charge in [0.25, 0.3) is 17.9 Å². The van der Waals surface area contributed by atoms with E-state index in [1.54, 1.807) is 23.3 Å². The first-order valence-corrected chi connectivity index (χ1v) is 14.5. The number of halogens is 3. The smallest absolute Gasteiger partial charge is 0.280 e. The van der Waals surface area contributed by atoms with Crippen molar-refractivity contribution >= 4 is 23.3 Å². The molecule has 9 nitrogen and oxygen atoms in total. The van der Waals surface area contributed by atoms with E-state index in [4.69, 9.17) is 4.74 Å². The zero-order chi connectivity index (χ0) is 30.7. The molecule has 5 rings (SSSR count). The standard InChI is InChI=1S/C30H29F3N6O3S/c1-4-42-27-25(12-19(31)15-36-27)39-24(11-17(2)3)20(29(40)38-9-7-34-8-10-38)13-21(30(39)41)28-37-23(16-43-28)18-5-6-22(26(32)33)35-14-18/h5-6,11-16,26,34H,4,7-10H2,1-3H3. The second-order valence-electron chi connectivity index (χ2n) is 9.98. The minimum atomic E-state index is -2.71. The Morgan fingerprint density at radius 2 is 1.93 bits per heavy atom. The number of hydrogen-bond acceptors (Lipinski definition) is 8. The molecule has 1 aliphatic heterocycles. The normalized spacial score (nSPS) is 13.3. The van der Waals surface area contributed by atoms with Crippen LogP contribution in [0.3, 0.4) is 0 Å². The van der Waals surface area contributed by atoms with Crippen molar-refractivity contribution in [3.63, 3.8) is 0 Å². The Bertz CT molecular complexity index is 1730. The molecule has 0 radical (unpaired) electrons. The van der Waals surface area contributed by atoms with Crippen LogP contribution in [0, 0.1) is 5.82 Å². The Balaban J connectivity index is 1.76. The molecule has 1 saturated heterocycles. The van der Waals surface area contributed by atoms with E-state index < -0.39 is 17.8 Å². The van der Waals surface area contributed by atoms with E-state index in [0.717, 1.165) is 29.2 Å². The van der Waals surface area contributed by atoms with Gasteiger partial charge in [0.05, 0.1) is 35.3 Å². The molecule has 4 aromatic rings. The average molecular weight is 611 g/mol. The van der Waals surface area contributed by atoms with Gasteiger partial charge in [-0.2, -0.15) is 0 Å². The largest absolute Gasteiger partial charge is 0.476 e. The molecule has 0 unspecified atom stereocenters. The number of alkyl halides is 2. The van der Waals surface area contributed by atoms with Crippen LogP contribution in [0.4, 0.5) is 13.2 Å². The fourth-order valence-corrected chi connectivity index (χ4v) is 5.52. The molecule has 0 atom stereocenters. The van der Waals surface area contributed by atoms with Gasteiger partial charge in [0.1, 0.15) is 22.2 Å². The van der Waals surface area contributed by atoms with Gasteiger partial charge in [0.15, 0.2) is 0 Å². The van der Waals surface area contributed by atoms with Crippen molar-refractivity contribution in [2.45, 2.75) is 27.2 Å². The van der Waals surface area contributed by atoms with Gasteiger partial charge in [-0.3, -0.25) is 19.1 Å². The molecule has 0 aliphatic carbocycles. The molecule has 0 spiro atoms. The van der Waals surface area contributed by atoms with E-state index in [1.165, 1.54) is 29.0 Å². The maximum atomic E-state index is 14.6. The minimum Gasteiger partial charge on any atom is -0.476 e. The molecule has 0 saturated carbocycles. The summed E-state index contributed by atoms with van der Waals surface area (Å²) in [5.74, 6) is -0.961. The lowest BCUT2D eigenvalue weighted by molar-refractivity contribution is 0.0735. The molecule has 4 aromatic heterocycles. The van der Waals surface area contributed by atoms with Crippen LogP contribution < -0.4 is 15.6 Å². The number of aromatic nitrogens is 4. The first kappa shape index (κ1) is 30.1. The zero-order valence-electron chi connectivity index (χ0n) is 23.7. The van der Waals surface area contributed by atoms with Crippen molar-refractivity contribution in [3.8, 4) is 33.4 Å². The zero-order valence-corrected chi connectivity index (χ0v) is 24.6. The second-order valence-corrected chi connectivity index (χ2v) is 10.8. The molecule has 0 aromatic carbocycles. The van der Waals surface area contributed by atoms with Crippen molar-refractivity contribution in [1.29, 1.82) is 0 Å². The summed E-state index contributed by atoms with van der Waals surface area (Å²) in [5.41, 5.74) is 1.41. The fourth-order valence-electron chi connectivity index (χ4n) is 4.69. The maximum Gasteiger partial charge on any atom is 0.280 e. The highest BCUT2D eigenvalue weighted by Gasteiger charge is 2.27. The van der Waals surface area contributed by atoms with Crippen molar-refractivity contribution in [2.75, 3.05) is 32.8 Å². The summed E-state index contributed by atoms with van der Waals surface area (Å²) in [6.45, 7) is 7.78. The predicted molar refractivity (Wildman–Crippen MR) is 158 cm³/mol. The van der Waals surface area contributed by atoms with Gasteiger partial charge in [-0.05, 0) is 45.0 Å². The van der Waals surface area contributed by atoms with E-state index in [0.29, 0.717) is 37.4 Å². The summed E-state index contributed by atoms with van der Waals surface area (Å²) in [6.07, 6.45) is 1.29. The molecule has 0 bridgehead atoms. The van der Waals surface area contributed by atoms with E-state index in [1.807, 2.05) is 13.8 Å². The number of allylic oxidation sites excluding steroid dienone is 1. The summed E-state index contributed by atoms with van der Waals surface area (Å²) in [7, 11) is 0. The number of nitrogens with zero attached hydrogens (tertiary/aromatic N) is 5. The Hall–Kier alpha value is -4.36. The monoisotopic (exact) mass is 610 g/mol. The highest BCUT2D eigenvalue weighted by Crippen LogP contribution is 2.32. The third-order valence-electron chi connectivity index (χ3n) is 6.66. The quantitative estimate of drug-likeness (QED) is 0.287. The Morgan fingerprint density at radius 3 is 2.58 bits per heavy atom. The van der Waals surface area contributed by atoms with Crippen molar-refractivity contribution in [2.24, 2.45) is 0 Å². The van der Waals surface area contributed by atoms with Crippen molar-refractivity contribution < 1.29 is 22.7 Å². The number of amides is 1. The number of piperazine rings is 1. The SMILES string of the molecule is CCOc1ncc(F)cc1-n1c(C=C(C)C)c(C(=O)N2CCNCC2)cc(-c2nc(-c3ccc(C(F)F)nc3)cs2)c1=O. The molecule has 5 heterocycles. The molecular formula is C30H29F3N6O3S. The third kappa shape index (κ3) is 6.37. The van der Waals surface area contributed by atoms with Gasteiger partial charge in [0, 0.05) is 49.4 Å². The summed E-state index contributed by atoms with van der Waals surface area (Å²) in [4.78, 5) is 42.5. The molecule has 1 aliphatic rings. The summed E-state index contributed by atoms with van der Waals surface area (Å²) < 4.78 is 47.6. The molecular weight excluding hydrogens is 581 g/mol. The van der Waals surface area contributed by atoms with Crippen LogP contribution in [0.15, 0.2) is 52.4 Å². The van der Waals surface area contributed by atoms with Crippen LogP contribution in [-0.4, -0.2) is 63.1 Å². The lowest BCUT2D eigenvalue weighted by atomic mass is 10.0. The highest BCUT2D eigenvalue weighted by atomic mass is 32.1. The summed E-state index contributed by atoms with van der Waals surface area (Å²) in [6, 6.07) is 5.37. The summed E-state index contributed by atoms with van der Waals surface area (Å²) in [5, 5.41) is 5.18. The lowest BCUT2D eigenvalue weighted by Gasteiger charge is -2.29. The van der Waals surface area contributed by atoms with E-state index in [2.05, 4.69) is 20.3 Å². The van der Waals surface area contributed by atoms with Crippen LogP contribution in [0.1, 0.15) is 48.9 Å². The number of ether oxygens (including phenoxy) is 1. The van der Waals surface area contributed by atoms with E-state index in [-0.39, 0.29) is 51.6 Å². The topological polar surface area (TPSA) is 102 Å². The van der Waals surface area contributed by atoms with Crippen LogP contribution in [0.25, 0.3) is 33.6 Å². The van der Waals surface area contributed by atoms with Crippen molar-refractivity contribution in [1.82, 2.24) is 29.7 Å². The highest BCUT2D eigenvalue weighted by molar-refractivity contribution is 7.13. The maximum absolute atomic E-state index is 14.6. The molecule has 13 heteroatoms. The van der Waals surface area contributed by atoms with E-state index >= 15 is 0 Å². The molecule has 1 fully saturated rings. The predicted octanol–water partition coefficient (Wildman–Crippen LogP) is 5.36. The third-order valence-corrected chi connectivity index (χ3v) is 7.54. The van der Waals surface area contributed by atoms with Crippen LogP contribution in [0.5, 0.6) is 5.88 Å². The second kappa shape index (κ2) is 12.9. The van der Waals surface area contributed by atoms with Gasteiger partial charge < -0.3 is 15.0 Å². The lowest BCUT2D eigenvalue weighted by Crippen LogP contribution is -2.47. The molecule has 1 amide bonds. The first-order chi connectivity index (χ1) is 20.7. The first-order valence-electron chi connectivity index (χ1n) is 13.6. The van der Waals surface area contributed by atoms with Crippen LogP contribution in [-0.2, 0) is 0 Å². The van der Waals surface area contributed by atoms with E-state index in [9.17, 15) is 22.8 Å². The molecule has 1 N–H and O–H groups in total. The number of thiazole rings is 1. The van der Waals surface area contributed by atoms with Crippen molar-refractivity contribution in [3.05, 3.63) is 80.7 Å². The van der Waals surface area contributed by atoms with Gasteiger partial charge in [-0.15, -0.1) is 11.3 Å². The van der Waals surface area contributed by atoms with Gasteiger partial charge in [-0.1, -0.05) is 5.57 Å². The number of nitrogens with one attached hydrogen (secondary N) is 1. The summed E-state index contributed by atoms with van der Waals surface area (Å²) >= 11 is 1.15. The molecule has 224 valence electrons. The number of carbonyl (C=O) groups is 1. The molecule has 43 heavy (non-hydrogen) atoms. The fraction of sp³-hybridized carbons (Fsp3) is 0.300. The Labute approximate surface area is 249 Å². The van der Waals surface area contributed by atoms with Crippen LogP contribution in [0.2, 0.25) is 0 Å².